The minimum absolute atomic E-state index is 0.0754. The molecule has 2 heterocycles. The molecule has 0 aliphatic carbocycles. The van der Waals surface area contributed by atoms with E-state index in [2.05, 4.69) is 15.3 Å². The molecule has 0 radical (unpaired) electrons. The van der Waals surface area contributed by atoms with E-state index in [1.807, 2.05) is 27.7 Å². The first kappa shape index (κ1) is 15.2. The molecule has 0 aromatic carbocycles. The molecule has 110 valence electrons. The van der Waals surface area contributed by atoms with Gasteiger partial charge in [-0.3, -0.25) is 4.79 Å². The Bertz CT molecular complexity index is 673. The summed E-state index contributed by atoms with van der Waals surface area (Å²) in [6.07, 6.45) is 0.649. The zero-order valence-electron chi connectivity index (χ0n) is 12.3. The number of aromatic amines is 1. The first-order valence-corrected chi connectivity index (χ1v) is 7.50. The molecule has 0 amide bonds. The first-order chi connectivity index (χ1) is 9.34. The Balaban J connectivity index is 2.26. The van der Waals surface area contributed by atoms with Gasteiger partial charge in [-0.05, 0) is 39.7 Å². The summed E-state index contributed by atoms with van der Waals surface area (Å²) in [5.74, 6) is 0.634. The maximum Gasteiger partial charge on any atom is 0.259 e. The summed E-state index contributed by atoms with van der Waals surface area (Å²) in [4.78, 5) is 21.4. The van der Waals surface area contributed by atoms with Crippen molar-refractivity contribution in [3.05, 3.63) is 26.6 Å². The van der Waals surface area contributed by atoms with Gasteiger partial charge in [-0.2, -0.15) is 0 Å². The Hall–Kier alpha value is -1.24. The van der Waals surface area contributed by atoms with Crippen LogP contribution in [0.2, 0.25) is 0 Å². The number of fused-ring (bicyclic) bond motifs is 1. The fraction of sp³-hybridized carbons (Fsp3) is 0.571. The third-order valence-electron chi connectivity index (χ3n) is 3.56. The maximum atomic E-state index is 12.1. The summed E-state index contributed by atoms with van der Waals surface area (Å²) in [7, 11) is 0. The van der Waals surface area contributed by atoms with Gasteiger partial charge in [0.1, 0.15) is 10.7 Å². The Morgan fingerprint density at radius 3 is 2.75 bits per heavy atom. The van der Waals surface area contributed by atoms with Crippen LogP contribution >= 0.6 is 11.3 Å². The number of rotatable bonds is 5. The molecule has 0 aliphatic rings. The monoisotopic (exact) mass is 295 g/mol. The van der Waals surface area contributed by atoms with E-state index in [0.29, 0.717) is 24.2 Å². The molecule has 0 spiro atoms. The minimum atomic E-state index is -0.191. The number of aromatic nitrogens is 2. The number of nitrogens with zero attached hydrogens (tertiary/aromatic N) is 1. The van der Waals surface area contributed by atoms with E-state index in [-0.39, 0.29) is 17.7 Å². The van der Waals surface area contributed by atoms with Crippen LogP contribution in [0.15, 0.2) is 4.79 Å². The molecule has 0 bridgehead atoms. The van der Waals surface area contributed by atoms with Gasteiger partial charge < -0.3 is 15.4 Å². The van der Waals surface area contributed by atoms with Crippen LogP contribution in [-0.2, 0) is 6.54 Å². The summed E-state index contributed by atoms with van der Waals surface area (Å²) in [6, 6.07) is 0. The minimum Gasteiger partial charge on any atom is -0.396 e. The second-order valence-corrected chi connectivity index (χ2v) is 6.89. The molecule has 5 nitrogen and oxygen atoms in total. The molecule has 2 rings (SSSR count). The van der Waals surface area contributed by atoms with Crippen molar-refractivity contribution in [3.8, 4) is 0 Å². The molecule has 3 N–H and O–H groups in total. The molecule has 0 unspecified atom stereocenters. The van der Waals surface area contributed by atoms with Crippen molar-refractivity contribution in [2.75, 3.05) is 6.61 Å². The van der Waals surface area contributed by atoms with Crippen LogP contribution in [0, 0.1) is 13.8 Å². The second-order valence-electron chi connectivity index (χ2n) is 5.69. The Labute approximate surface area is 122 Å². The van der Waals surface area contributed by atoms with Crippen LogP contribution in [0.5, 0.6) is 0 Å². The van der Waals surface area contributed by atoms with Gasteiger partial charge >= 0.3 is 0 Å². The fourth-order valence-electron chi connectivity index (χ4n) is 2.07. The van der Waals surface area contributed by atoms with Crippen LogP contribution in [0.3, 0.4) is 0 Å². The maximum absolute atomic E-state index is 12.1. The van der Waals surface area contributed by atoms with Crippen molar-refractivity contribution in [3.63, 3.8) is 0 Å². The zero-order chi connectivity index (χ0) is 14.9. The molecular formula is C14H21N3O2S. The van der Waals surface area contributed by atoms with Crippen molar-refractivity contribution in [1.82, 2.24) is 15.3 Å². The van der Waals surface area contributed by atoms with Gasteiger partial charge in [0.15, 0.2) is 0 Å². The molecule has 20 heavy (non-hydrogen) atoms. The van der Waals surface area contributed by atoms with Crippen molar-refractivity contribution >= 4 is 21.6 Å². The van der Waals surface area contributed by atoms with E-state index in [0.717, 1.165) is 15.3 Å². The van der Waals surface area contributed by atoms with Gasteiger partial charge in [-0.1, -0.05) is 0 Å². The summed E-state index contributed by atoms with van der Waals surface area (Å²) in [6.45, 7) is 8.59. The Morgan fingerprint density at radius 1 is 1.40 bits per heavy atom. The topological polar surface area (TPSA) is 78.0 Å². The van der Waals surface area contributed by atoms with Gasteiger partial charge in [0.25, 0.3) is 5.56 Å². The average Bonchev–Trinajstić information content (AvgIpc) is 2.63. The Morgan fingerprint density at radius 2 is 2.10 bits per heavy atom. The fourth-order valence-corrected chi connectivity index (χ4v) is 3.12. The molecule has 0 fully saturated rings. The summed E-state index contributed by atoms with van der Waals surface area (Å²) < 4.78 is 0. The third-order valence-corrected chi connectivity index (χ3v) is 4.66. The smallest absolute Gasteiger partial charge is 0.259 e. The zero-order valence-corrected chi connectivity index (χ0v) is 13.1. The number of H-pyrrole nitrogens is 1. The van der Waals surface area contributed by atoms with Crippen molar-refractivity contribution in [2.24, 2.45) is 0 Å². The van der Waals surface area contributed by atoms with Crippen LogP contribution in [0.25, 0.3) is 10.2 Å². The SMILES string of the molecule is Cc1sc2nc(CNC(C)(C)CCO)[nH]c(=O)c2c1C. The van der Waals surface area contributed by atoms with E-state index in [9.17, 15) is 4.79 Å². The summed E-state index contributed by atoms with van der Waals surface area (Å²) in [5.41, 5.74) is 0.747. The summed E-state index contributed by atoms with van der Waals surface area (Å²) >= 11 is 1.55. The highest BCUT2D eigenvalue weighted by atomic mass is 32.1. The van der Waals surface area contributed by atoms with Crippen LogP contribution < -0.4 is 10.9 Å². The second kappa shape index (κ2) is 5.63. The highest BCUT2D eigenvalue weighted by Crippen LogP contribution is 2.25. The quantitative estimate of drug-likeness (QED) is 0.786. The summed E-state index contributed by atoms with van der Waals surface area (Å²) in [5, 5.41) is 13.0. The molecule has 0 aliphatic heterocycles. The standard InChI is InChI=1S/C14H21N3O2S/c1-8-9(2)20-13-11(8)12(19)16-10(17-13)7-15-14(3,4)5-6-18/h15,18H,5-7H2,1-4H3,(H,16,17,19). The van der Waals surface area contributed by atoms with Crippen LogP contribution in [0.4, 0.5) is 0 Å². The lowest BCUT2D eigenvalue weighted by Gasteiger charge is -2.25. The van der Waals surface area contributed by atoms with E-state index in [4.69, 9.17) is 5.11 Å². The normalized spacial score (nSPS) is 12.2. The molecular weight excluding hydrogens is 274 g/mol. The first-order valence-electron chi connectivity index (χ1n) is 6.69. The van der Waals surface area contributed by atoms with E-state index in [1.54, 1.807) is 11.3 Å². The molecule has 2 aromatic rings. The molecule has 0 saturated heterocycles. The van der Waals surface area contributed by atoms with Crippen molar-refractivity contribution in [2.45, 2.75) is 46.2 Å². The van der Waals surface area contributed by atoms with Crippen LogP contribution in [-0.4, -0.2) is 27.2 Å². The van der Waals surface area contributed by atoms with Gasteiger partial charge in [0, 0.05) is 17.0 Å². The highest BCUT2D eigenvalue weighted by molar-refractivity contribution is 7.18. The van der Waals surface area contributed by atoms with Gasteiger partial charge in [0.05, 0.1) is 11.9 Å². The lowest BCUT2D eigenvalue weighted by molar-refractivity contribution is 0.229. The number of thiophene rings is 1. The highest BCUT2D eigenvalue weighted by Gasteiger charge is 2.17. The largest absolute Gasteiger partial charge is 0.396 e. The molecule has 0 atom stereocenters. The van der Waals surface area contributed by atoms with E-state index >= 15 is 0 Å². The molecule has 0 saturated carbocycles. The number of hydrogen-bond donors (Lipinski definition) is 3. The predicted octanol–water partition coefficient (Wildman–Crippen LogP) is 1.85. The van der Waals surface area contributed by atoms with Crippen molar-refractivity contribution in [1.29, 1.82) is 0 Å². The number of nitrogens with one attached hydrogen (secondary N) is 2. The van der Waals surface area contributed by atoms with Gasteiger partial charge in [0.2, 0.25) is 0 Å². The van der Waals surface area contributed by atoms with Crippen molar-refractivity contribution < 1.29 is 5.11 Å². The lowest BCUT2D eigenvalue weighted by Crippen LogP contribution is -2.40. The number of aliphatic hydroxyl groups is 1. The van der Waals surface area contributed by atoms with Gasteiger partial charge in [-0.25, -0.2) is 4.98 Å². The Kier molecular flexibility index (Phi) is 4.27. The third kappa shape index (κ3) is 3.08. The van der Waals surface area contributed by atoms with Crippen LogP contribution in [0.1, 0.15) is 36.5 Å². The average molecular weight is 295 g/mol. The molecule has 2 aromatic heterocycles. The molecule has 6 heteroatoms. The number of aliphatic hydroxyl groups excluding tert-OH is 1. The predicted molar refractivity (Wildman–Crippen MR) is 82.3 cm³/mol. The lowest BCUT2D eigenvalue weighted by atomic mass is 10.0. The van der Waals surface area contributed by atoms with E-state index < -0.39 is 0 Å². The van der Waals surface area contributed by atoms with E-state index in [1.165, 1.54) is 0 Å². The van der Waals surface area contributed by atoms with Gasteiger partial charge in [-0.15, -0.1) is 11.3 Å². The number of aryl methyl sites for hydroxylation is 2. The number of hydrogen-bond acceptors (Lipinski definition) is 5.